The van der Waals surface area contributed by atoms with Gasteiger partial charge in [0, 0.05) is 24.0 Å². The van der Waals surface area contributed by atoms with Crippen molar-refractivity contribution in [3.8, 4) is 11.5 Å². The minimum Gasteiger partial charge on any atom is -0.497 e. The number of carbonyl (C=O) groups excluding carboxylic acids is 1. The summed E-state index contributed by atoms with van der Waals surface area (Å²) in [6.07, 6.45) is 2.70. The molecule has 9 heteroatoms. The molecule has 0 spiro atoms. The highest BCUT2D eigenvalue weighted by molar-refractivity contribution is 5.94. The second-order valence-corrected chi connectivity index (χ2v) is 8.89. The van der Waals surface area contributed by atoms with E-state index < -0.39 is 0 Å². The number of hydrogen-bond donors (Lipinski definition) is 2. The predicted octanol–water partition coefficient (Wildman–Crippen LogP) is 2.60. The summed E-state index contributed by atoms with van der Waals surface area (Å²) in [5, 5.41) is 7.29. The SMILES string of the molecule is COc1ccc2nccc(C3CC3[C@H]3OC[C@H](NCc4ccc5c(n4)NC(=O)CO5)CO3)c2c1. The highest BCUT2D eigenvalue weighted by atomic mass is 16.7. The number of fused-ring (bicyclic) bond motifs is 2. The topological polar surface area (TPSA) is 104 Å². The van der Waals surface area contributed by atoms with Crippen LogP contribution >= 0.6 is 0 Å². The van der Waals surface area contributed by atoms with Crippen LogP contribution in [-0.4, -0.2) is 55.1 Å². The molecular formula is C25H26N4O5. The predicted molar refractivity (Wildman–Crippen MR) is 124 cm³/mol. The van der Waals surface area contributed by atoms with Gasteiger partial charge in [0.15, 0.2) is 24.5 Å². The van der Waals surface area contributed by atoms with E-state index in [-0.39, 0.29) is 24.8 Å². The number of anilines is 1. The second kappa shape index (κ2) is 8.83. The quantitative estimate of drug-likeness (QED) is 0.576. The molecule has 2 aromatic heterocycles. The molecule has 2 unspecified atom stereocenters. The summed E-state index contributed by atoms with van der Waals surface area (Å²) in [6.45, 7) is 1.72. The zero-order valence-corrected chi connectivity index (χ0v) is 18.8. The van der Waals surface area contributed by atoms with E-state index in [9.17, 15) is 4.79 Å². The van der Waals surface area contributed by atoms with Crippen LogP contribution in [0.15, 0.2) is 42.6 Å². The molecule has 3 aliphatic rings. The molecule has 2 fully saturated rings. The molecule has 176 valence electrons. The van der Waals surface area contributed by atoms with E-state index >= 15 is 0 Å². The third-order valence-electron chi connectivity index (χ3n) is 6.60. The molecule has 2 aliphatic heterocycles. The Labute approximate surface area is 196 Å². The number of amides is 1. The standard InChI is InChI=1S/C25H26N4O5/c1-31-16-3-4-21-19(8-16)17(6-7-26-21)18-9-20(18)25-33-11-15(12-34-25)27-10-14-2-5-22-24(28-14)29-23(30)13-32-22/h2-8,15,18,20,25,27H,9-13H2,1H3,(H,28,29,30)/t15-,18?,20?,25-. The van der Waals surface area contributed by atoms with Crippen LogP contribution in [0.3, 0.4) is 0 Å². The fourth-order valence-corrected chi connectivity index (χ4v) is 4.70. The molecule has 4 heterocycles. The number of hydrogen-bond acceptors (Lipinski definition) is 8. The lowest BCUT2D eigenvalue weighted by atomic mass is 10.0. The number of aromatic nitrogens is 2. The lowest BCUT2D eigenvalue weighted by Crippen LogP contribution is -2.45. The smallest absolute Gasteiger partial charge is 0.263 e. The maximum absolute atomic E-state index is 11.5. The van der Waals surface area contributed by atoms with E-state index in [4.69, 9.17) is 18.9 Å². The van der Waals surface area contributed by atoms with Crippen LogP contribution in [0, 0.1) is 5.92 Å². The fourth-order valence-electron chi connectivity index (χ4n) is 4.70. The molecule has 1 amide bonds. The molecule has 1 aliphatic carbocycles. The molecule has 6 rings (SSSR count). The molecule has 2 atom stereocenters. The van der Waals surface area contributed by atoms with Crippen LogP contribution in [0.25, 0.3) is 10.9 Å². The number of rotatable bonds is 6. The van der Waals surface area contributed by atoms with Gasteiger partial charge >= 0.3 is 0 Å². The molecule has 0 radical (unpaired) electrons. The first-order valence-corrected chi connectivity index (χ1v) is 11.5. The van der Waals surface area contributed by atoms with E-state index in [0.717, 1.165) is 28.8 Å². The average Bonchev–Trinajstić information content (AvgIpc) is 3.67. The van der Waals surface area contributed by atoms with Gasteiger partial charge in [-0.2, -0.15) is 0 Å². The van der Waals surface area contributed by atoms with Gasteiger partial charge in [0.1, 0.15) is 5.75 Å². The Balaban J connectivity index is 1.04. The Morgan fingerprint density at radius 1 is 1.18 bits per heavy atom. The Morgan fingerprint density at radius 3 is 2.91 bits per heavy atom. The van der Waals surface area contributed by atoms with Gasteiger partial charge in [0.2, 0.25) is 0 Å². The lowest BCUT2D eigenvalue weighted by molar-refractivity contribution is -0.200. The van der Waals surface area contributed by atoms with Crippen LogP contribution < -0.4 is 20.1 Å². The first kappa shape index (κ1) is 21.3. The Kier molecular flexibility index (Phi) is 5.52. The monoisotopic (exact) mass is 462 g/mol. The highest BCUT2D eigenvalue weighted by Gasteiger charge is 2.47. The maximum Gasteiger partial charge on any atom is 0.263 e. The van der Waals surface area contributed by atoms with Crippen LogP contribution in [0.1, 0.15) is 23.6 Å². The van der Waals surface area contributed by atoms with Crippen molar-refractivity contribution in [1.82, 2.24) is 15.3 Å². The molecule has 3 aromatic rings. The van der Waals surface area contributed by atoms with Crippen molar-refractivity contribution in [2.75, 3.05) is 32.2 Å². The average molecular weight is 463 g/mol. The van der Waals surface area contributed by atoms with Crippen LogP contribution in [0.2, 0.25) is 0 Å². The number of nitrogens with one attached hydrogen (secondary N) is 2. The van der Waals surface area contributed by atoms with E-state index in [1.165, 1.54) is 5.56 Å². The van der Waals surface area contributed by atoms with Gasteiger partial charge in [-0.3, -0.25) is 9.78 Å². The van der Waals surface area contributed by atoms with E-state index in [0.29, 0.717) is 43.2 Å². The van der Waals surface area contributed by atoms with Crippen LogP contribution in [-0.2, 0) is 20.8 Å². The number of carbonyl (C=O) groups is 1. The van der Waals surface area contributed by atoms with Gasteiger partial charge in [-0.1, -0.05) is 0 Å². The minimum absolute atomic E-state index is 0.0254. The molecule has 1 saturated heterocycles. The van der Waals surface area contributed by atoms with Gasteiger partial charge < -0.3 is 29.6 Å². The van der Waals surface area contributed by atoms with E-state index in [1.807, 2.05) is 30.5 Å². The minimum atomic E-state index is -0.203. The third kappa shape index (κ3) is 4.18. The molecule has 1 saturated carbocycles. The molecule has 2 N–H and O–H groups in total. The van der Waals surface area contributed by atoms with Crippen molar-refractivity contribution in [2.24, 2.45) is 5.92 Å². The van der Waals surface area contributed by atoms with Gasteiger partial charge in [-0.05, 0) is 54.3 Å². The summed E-state index contributed by atoms with van der Waals surface area (Å²) < 4.78 is 23.0. The number of benzene rings is 1. The van der Waals surface area contributed by atoms with Crippen molar-refractivity contribution in [2.45, 2.75) is 31.2 Å². The Morgan fingerprint density at radius 2 is 2.06 bits per heavy atom. The summed E-state index contributed by atoms with van der Waals surface area (Å²) >= 11 is 0. The molecule has 1 aromatic carbocycles. The zero-order chi connectivity index (χ0) is 23.1. The first-order valence-electron chi connectivity index (χ1n) is 11.5. The summed E-state index contributed by atoms with van der Waals surface area (Å²) in [5.41, 5.74) is 3.06. The molecular weight excluding hydrogens is 436 g/mol. The van der Waals surface area contributed by atoms with Crippen LogP contribution in [0.5, 0.6) is 11.5 Å². The highest BCUT2D eigenvalue weighted by Crippen LogP contribution is 2.52. The van der Waals surface area contributed by atoms with Gasteiger partial charge in [0.25, 0.3) is 5.91 Å². The van der Waals surface area contributed by atoms with Gasteiger partial charge in [0.05, 0.1) is 37.6 Å². The summed E-state index contributed by atoms with van der Waals surface area (Å²) in [5.74, 6) is 2.43. The summed E-state index contributed by atoms with van der Waals surface area (Å²) in [6, 6.07) is 11.9. The van der Waals surface area contributed by atoms with Crippen LogP contribution in [0.4, 0.5) is 5.82 Å². The summed E-state index contributed by atoms with van der Waals surface area (Å²) in [7, 11) is 1.68. The number of methoxy groups -OCH3 is 1. The van der Waals surface area contributed by atoms with Crippen molar-refractivity contribution in [3.05, 3.63) is 53.9 Å². The van der Waals surface area contributed by atoms with E-state index in [1.54, 1.807) is 7.11 Å². The molecule has 9 nitrogen and oxygen atoms in total. The summed E-state index contributed by atoms with van der Waals surface area (Å²) in [4.78, 5) is 20.5. The third-order valence-corrected chi connectivity index (χ3v) is 6.60. The molecule has 34 heavy (non-hydrogen) atoms. The first-order chi connectivity index (χ1) is 16.7. The Bertz CT molecular complexity index is 1230. The number of ether oxygens (including phenoxy) is 4. The van der Waals surface area contributed by atoms with Crippen molar-refractivity contribution in [3.63, 3.8) is 0 Å². The Hall–Kier alpha value is -3.27. The second-order valence-electron chi connectivity index (χ2n) is 8.89. The largest absolute Gasteiger partial charge is 0.497 e. The number of nitrogens with zero attached hydrogens (tertiary/aromatic N) is 2. The van der Waals surface area contributed by atoms with Gasteiger partial charge in [-0.15, -0.1) is 0 Å². The normalized spacial score (nSPS) is 25.9. The van der Waals surface area contributed by atoms with Crippen molar-refractivity contribution < 1.29 is 23.7 Å². The molecule has 0 bridgehead atoms. The van der Waals surface area contributed by atoms with Crippen molar-refractivity contribution in [1.29, 1.82) is 0 Å². The fraction of sp³-hybridized carbons (Fsp3) is 0.400. The lowest BCUT2D eigenvalue weighted by Gasteiger charge is -2.30. The number of pyridine rings is 2. The van der Waals surface area contributed by atoms with E-state index in [2.05, 4.69) is 32.7 Å². The van der Waals surface area contributed by atoms with Crippen molar-refractivity contribution >= 4 is 22.6 Å². The van der Waals surface area contributed by atoms with Gasteiger partial charge in [-0.25, -0.2) is 4.98 Å². The maximum atomic E-state index is 11.5. The zero-order valence-electron chi connectivity index (χ0n) is 18.8.